The molecular formula is C25H23ClF4N8O3S. The van der Waals surface area contributed by atoms with E-state index in [4.69, 9.17) is 26.5 Å². The smallest absolute Gasteiger partial charge is 0.475 e. The molecule has 1 fully saturated rings. The number of benzene rings is 1. The summed E-state index contributed by atoms with van der Waals surface area (Å²) >= 11 is 7.34. The third-order valence-electron chi connectivity index (χ3n) is 5.87. The average molecular weight is 627 g/mol. The average Bonchev–Trinajstić information content (AvgIpc) is 3.65. The largest absolute Gasteiger partial charge is 0.490 e. The first-order valence-corrected chi connectivity index (χ1v) is 13.5. The molecule has 1 saturated heterocycles. The molecule has 1 aliphatic rings. The second-order valence-electron chi connectivity index (χ2n) is 8.85. The maximum Gasteiger partial charge on any atom is 0.490 e. The minimum Gasteiger partial charge on any atom is -0.475 e. The van der Waals surface area contributed by atoms with Gasteiger partial charge in [0.25, 0.3) is 5.91 Å². The van der Waals surface area contributed by atoms with Crippen molar-refractivity contribution in [2.45, 2.75) is 19.3 Å². The topological polar surface area (TPSA) is 129 Å². The molecule has 0 radical (unpaired) electrons. The summed E-state index contributed by atoms with van der Waals surface area (Å²) in [4.78, 5) is 36.2. The van der Waals surface area contributed by atoms with Gasteiger partial charge in [-0.1, -0.05) is 17.7 Å². The number of nitrogens with one attached hydrogen (secondary N) is 1. The Balaban J connectivity index is 0.000000517. The number of hydrogen-bond donors (Lipinski definition) is 2. The van der Waals surface area contributed by atoms with Gasteiger partial charge in [-0.2, -0.15) is 28.2 Å². The van der Waals surface area contributed by atoms with Crippen LogP contribution in [0.2, 0.25) is 5.02 Å². The summed E-state index contributed by atoms with van der Waals surface area (Å²) in [7, 11) is 0. The fourth-order valence-corrected chi connectivity index (χ4v) is 4.66. The lowest BCUT2D eigenvalue weighted by atomic mass is 10.1. The molecule has 0 saturated carbocycles. The molecule has 2 N–H and O–H groups in total. The molecule has 5 rings (SSSR count). The zero-order valence-corrected chi connectivity index (χ0v) is 23.2. The standard InChI is InChI=1S/C23H22ClFN8OS.C2HF3O2/c24-19-3-1-2-18(21(19)25)22(34)32-9-7-31(8-10-32)15-17-12-16(14-33-27-4-5-28-33)13-20(29-17)30-23-26-6-11-35-23;3-2(4,5)1(6)7/h1-6,11-13H,7-10,14-15H2,(H,26,29,30);(H,6,7). The Morgan fingerprint density at radius 3 is 2.36 bits per heavy atom. The number of anilines is 2. The lowest BCUT2D eigenvalue weighted by Gasteiger charge is -2.34. The fraction of sp³-hybridized carbons (Fsp3) is 0.280. The zero-order chi connectivity index (χ0) is 30.3. The maximum absolute atomic E-state index is 14.3. The highest BCUT2D eigenvalue weighted by Crippen LogP contribution is 2.22. The minimum atomic E-state index is -5.08. The van der Waals surface area contributed by atoms with Crippen molar-refractivity contribution in [2.24, 2.45) is 0 Å². The van der Waals surface area contributed by atoms with Gasteiger partial charge >= 0.3 is 12.1 Å². The van der Waals surface area contributed by atoms with E-state index in [0.717, 1.165) is 16.4 Å². The van der Waals surface area contributed by atoms with E-state index in [1.165, 1.54) is 23.5 Å². The van der Waals surface area contributed by atoms with Crippen molar-refractivity contribution >= 4 is 45.8 Å². The highest BCUT2D eigenvalue weighted by Gasteiger charge is 2.38. The van der Waals surface area contributed by atoms with E-state index in [9.17, 15) is 22.4 Å². The van der Waals surface area contributed by atoms with Crippen LogP contribution in [0.25, 0.3) is 0 Å². The van der Waals surface area contributed by atoms with Gasteiger partial charge in [-0.15, -0.1) is 11.3 Å². The van der Waals surface area contributed by atoms with Crippen LogP contribution < -0.4 is 5.32 Å². The highest BCUT2D eigenvalue weighted by molar-refractivity contribution is 7.13. The third-order valence-corrected chi connectivity index (χ3v) is 6.85. The minimum absolute atomic E-state index is 0.00505. The molecule has 0 bridgehead atoms. The molecule has 11 nitrogen and oxygen atoms in total. The molecule has 1 aromatic carbocycles. The molecular weight excluding hydrogens is 604 g/mol. The summed E-state index contributed by atoms with van der Waals surface area (Å²) in [5, 5.41) is 21.4. The number of piperazine rings is 1. The Labute approximate surface area is 245 Å². The number of hydrogen-bond acceptors (Lipinski definition) is 9. The molecule has 0 spiro atoms. The molecule has 1 aliphatic heterocycles. The summed E-state index contributed by atoms with van der Waals surface area (Å²) in [5.41, 5.74) is 1.90. The second kappa shape index (κ2) is 13.7. The number of nitrogens with zero attached hydrogens (tertiary/aromatic N) is 7. The van der Waals surface area contributed by atoms with Crippen LogP contribution in [0, 0.1) is 5.82 Å². The lowest BCUT2D eigenvalue weighted by Crippen LogP contribution is -2.48. The Morgan fingerprint density at radius 2 is 1.74 bits per heavy atom. The number of carbonyl (C=O) groups is 2. The van der Waals surface area contributed by atoms with E-state index in [2.05, 4.69) is 25.4 Å². The summed E-state index contributed by atoms with van der Waals surface area (Å²) in [5.74, 6) is -3.07. The number of aliphatic carboxylic acids is 1. The van der Waals surface area contributed by atoms with Crippen LogP contribution in [0.5, 0.6) is 0 Å². The van der Waals surface area contributed by atoms with Gasteiger partial charge < -0.3 is 15.3 Å². The van der Waals surface area contributed by atoms with Crippen molar-refractivity contribution in [3.63, 3.8) is 0 Å². The van der Waals surface area contributed by atoms with Crippen molar-refractivity contribution in [1.29, 1.82) is 0 Å². The van der Waals surface area contributed by atoms with Crippen LogP contribution in [0.15, 0.2) is 54.3 Å². The summed E-state index contributed by atoms with van der Waals surface area (Å²) in [6, 6.07) is 8.49. The number of aromatic nitrogens is 5. The van der Waals surface area contributed by atoms with Gasteiger partial charge in [-0.25, -0.2) is 19.2 Å². The van der Waals surface area contributed by atoms with Crippen LogP contribution in [0.4, 0.5) is 28.5 Å². The number of halogens is 5. The molecule has 222 valence electrons. The number of rotatable bonds is 7. The van der Waals surface area contributed by atoms with E-state index in [-0.39, 0.29) is 16.5 Å². The van der Waals surface area contributed by atoms with Gasteiger partial charge in [0.2, 0.25) is 0 Å². The van der Waals surface area contributed by atoms with Gasteiger partial charge in [0.15, 0.2) is 10.9 Å². The van der Waals surface area contributed by atoms with Crippen molar-refractivity contribution in [3.05, 3.63) is 82.0 Å². The van der Waals surface area contributed by atoms with E-state index >= 15 is 0 Å². The Hall–Kier alpha value is -4.15. The SMILES string of the molecule is O=C(O)C(F)(F)F.O=C(c1cccc(Cl)c1F)N1CCN(Cc2cc(Cn3nccn3)cc(Nc3nccs3)n2)CC1. The predicted molar refractivity (Wildman–Crippen MR) is 145 cm³/mol. The third kappa shape index (κ3) is 8.43. The molecule has 42 heavy (non-hydrogen) atoms. The van der Waals surface area contributed by atoms with Crippen LogP contribution in [0.1, 0.15) is 21.6 Å². The zero-order valence-electron chi connectivity index (χ0n) is 21.6. The van der Waals surface area contributed by atoms with E-state index in [1.54, 1.807) is 34.4 Å². The van der Waals surface area contributed by atoms with Gasteiger partial charge in [0, 0.05) is 44.3 Å². The van der Waals surface area contributed by atoms with Gasteiger partial charge in [0.05, 0.1) is 35.2 Å². The quantitative estimate of drug-likeness (QED) is 0.288. The fourth-order valence-electron chi connectivity index (χ4n) is 3.95. The molecule has 4 aromatic rings. The van der Waals surface area contributed by atoms with Crippen molar-refractivity contribution in [2.75, 3.05) is 31.5 Å². The Morgan fingerprint density at radius 1 is 1.05 bits per heavy atom. The summed E-state index contributed by atoms with van der Waals surface area (Å²) in [6.07, 6.45) is -0.0544. The number of amides is 1. The Bertz CT molecular complexity index is 1440. The molecule has 4 heterocycles. The summed E-state index contributed by atoms with van der Waals surface area (Å²) < 4.78 is 46.0. The first-order valence-electron chi connectivity index (χ1n) is 12.3. The van der Waals surface area contributed by atoms with E-state index in [0.29, 0.717) is 45.1 Å². The van der Waals surface area contributed by atoms with Crippen LogP contribution in [0.3, 0.4) is 0 Å². The molecule has 3 aromatic heterocycles. The number of pyridine rings is 1. The normalized spacial score (nSPS) is 13.8. The number of alkyl halides is 3. The van der Waals surface area contributed by atoms with Crippen LogP contribution in [-0.2, 0) is 17.9 Å². The highest BCUT2D eigenvalue weighted by atomic mass is 35.5. The summed E-state index contributed by atoms with van der Waals surface area (Å²) in [6.45, 7) is 3.41. The van der Waals surface area contributed by atoms with E-state index < -0.39 is 18.0 Å². The predicted octanol–water partition coefficient (Wildman–Crippen LogP) is 4.31. The first-order chi connectivity index (χ1) is 20.0. The number of thiazole rings is 1. The molecule has 0 unspecified atom stereocenters. The van der Waals surface area contributed by atoms with Crippen molar-refractivity contribution in [3.8, 4) is 0 Å². The monoisotopic (exact) mass is 626 g/mol. The van der Waals surface area contributed by atoms with Gasteiger partial charge in [0.1, 0.15) is 5.82 Å². The van der Waals surface area contributed by atoms with Gasteiger partial charge in [-0.3, -0.25) is 9.69 Å². The van der Waals surface area contributed by atoms with E-state index in [1.807, 2.05) is 17.5 Å². The Kier molecular flexibility index (Phi) is 10.0. The maximum atomic E-state index is 14.3. The molecule has 0 aliphatic carbocycles. The van der Waals surface area contributed by atoms with Crippen LogP contribution >= 0.6 is 22.9 Å². The number of carbonyl (C=O) groups excluding carboxylic acids is 1. The van der Waals surface area contributed by atoms with Crippen molar-refractivity contribution in [1.82, 2.24) is 34.8 Å². The second-order valence-corrected chi connectivity index (χ2v) is 10.1. The first kappa shape index (κ1) is 30.8. The van der Waals surface area contributed by atoms with Crippen molar-refractivity contribution < 1.29 is 32.3 Å². The molecule has 0 atom stereocenters. The van der Waals surface area contributed by atoms with Crippen LogP contribution in [-0.4, -0.2) is 84.1 Å². The number of carboxylic acids is 1. The number of carboxylic acid groups (broad SMARTS) is 1. The molecule has 17 heteroatoms. The molecule has 1 amide bonds. The van der Waals surface area contributed by atoms with Gasteiger partial charge in [-0.05, 0) is 29.8 Å². The lowest BCUT2D eigenvalue weighted by molar-refractivity contribution is -0.192.